The van der Waals surface area contributed by atoms with E-state index in [-0.39, 0.29) is 39.3 Å². The highest BCUT2D eigenvalue weighted by atomic mass is 15.3. The summed E-state index contributed by atoms with van der Waals surface area (Å²) < 4.78 is 0. The Morgan fingerprint density at radius 1 is 0.400 bits per heavy atom. The Bertz CT molecular complexity index is 3530. The third kappa shape index (κ3) is 7.66. The second-order valence-corrected chi connectivity index (χ2v) is 26.8. The van der Waals surface area contributed by atoms with Crippen molar-refractivity contribution in [3.05, 3.63) is 209 Å². The molecule has 1 fully saturated rings. The minimum Gasteiger partial charge on any atom is -0.334 e. The average Bonchev–Trinajstić information content (AvgIpc) is 3.71. The molecule has 1 saturated carbocycles. The summed E-state index contributed by atoms with van der Waals surface area (Å²) in [5.41, 5.74) is 23.9. The zero-order chi connectivity index (χ0) is 52.6. The minimum atomic E-state index is -0.262. The summed E-state index contributed by atoms with van der Waals surface area (Å²) in [6.07, 6.45) is 4.56. The van der Waals surface area contributed by atoms with Crippen molar-refractivity contribution in [3.8, 4) is 11.1 Å². The van der Waals surface area contributed by atoms with Gasteiger partial charge in [-0.05, 0) is 151 Å². The number of hydrogen-bond donors (Lipinski definition) is 0. The van der Waals surface area contributed by atoms with Gasteiger partial charge in [-0.3, -0.25) is 0 Å². The summed E-state index contributed by atoms with van der Waals surface area (Å²) in [7, 11) is 0. The van der Waals surface area contributed by atoms with Crippen molar-refractivity contribution in [2.75, 3.05) is 14.7 Å². The number of hydrogen-bond acceptors (Lipinski definition) is 3. The quantitative estimate of drug-likeness (QED) is 0.159. The van der Waals surface area contributed by atoms with Crippen LogP contribution >= 0.6 is 0 Å². The van der Waals surface area contributed by atoms with Gasteiger partial charge in [-0.15, -0.1) is 0 Å². The fourth-order valence-electron chi connectivity index (χ4n) is 13.9. The Kier molecular flexibility index (Phi) is 11.2. The van der Waals surface area contributed by atoms with Gasteiger partial charge in [0, 0.05) is 50.8 Å². The summed E-state index contributed by atoms with van der Waals surface area (Å²) in [6.45, 7) is 30.8. The molecule has 8 aromatic carbocycles. The van der Waals surface area contributed by atoms with Gasteiger partial charge in [-0.2, -0.15) is 0 Å². The summed E-state index contributed by atoms with van der Waals surface area (Å²) in [5, 5.41) is 0. The smallest absolute Gasteiger partial charge is 0.252 e. The molecular weight excluding hydrogens is 906 g/mol. The molecule has 2 atom stereocenters. The van der Waals surface area contributed by atoms with Gasteiger partial charge in [0.25, 0.3) is 6.71 Å². The van der Waals surface area contributed by atoms with Crippen LogP contribution in [0, 0.1) is 0 Å². The standard InChI is InChI=1S/C71H76BN3/c1-66(2,3)49-29-24-30-53(41-49)73-62-44-52(69(10,11)12)33-36-57(62)72-58-43-51(68(7,8)9)35-38-61(58)74(59-37-34-50(67(4,5)6)42-55(59)47-25-16-14-17-26-47)64-46-54(45-63(73)65(64)72)75-60-32-21-20-31-56(60)71(48-27-18-15-19-28-48)40-23-22-39-70(71,75)13/h14-21,24-38,41-46H,22-23,39-40H2,1-13H3. The molecule has 0 radical (unpaired) electrons. The highest BCUT2D eigenvalue weighted by molar-refractivity contribution is 7.00. The maximum atomic E-state index is 2.82. The fourth-order valence-corrected chi connectivity index (χ4v) is 13.9. The first-order valence-corrected chi connectivity index (χ1v) is 27.9. The van der Waals surface area contributed by atoms with Crippen LogP contribution in [0.5, 0.6) is 0 Å². The van der Waals surface area contributed by atoms with Crippen LogP contribution in [0.4, 0.5) is 45.5 Å². The van der Waals surface area contributed by atoms with Crippen molar-refractivity contribution in [1.29, 1.82) is 0 Å². The van der Waals surface area contributed by atoms with E-state index in [0.717, 1.165) is 12.8 Å². The third-order valence-electron chi connectivity index (χ3n) is 18.0. The first-order valence-electron chi connectivity index (χ1n) is 27.9. The molecule has 2 unspecified atom stereocenters. The maximum absolute atomic E-state index is 2.82. The Morgan fingerprint density at radius 3 is 1.64 bits per heavy atom. The molecule has 1 aliphatic carbocycles. The van der Waals surface area contributed by atoms with Crippen LogP contribution in [-0.2, 0) is 27.1 Å². The van der Waals surface area contributed by atoms with Gasteiger partial charge in [0.2, 0.25) is 0 Å². The van der Waals surface area contributed by atoms with E-state index in [2.05, 4.69) is 281 Å². The van der Waals surface area contributed by atoms with E-state index in [1.54, 1.807) is 0 Å². The lowest BCUT2D eigenvalue weighted by molar-refractivity contribution is 0.215. The van der Waals surface area contributed by atoms with Crippen molar-refractivity contribution in [2.45, 2.75) is 148 Å². The minimum absolute atomic E-state index is 0.0303. The molecular formula is C71H76BN3. The molecule has 12 rings (SSSR count). The lowest BCUT2D eigenvalue weighted by Crippen LogP contribution is -2.62. The zero-order valence-corrected chi connectivity index (χ0v) is 47.0. The molecule has 75 heavy (non-hydrogen) atoms. The summed E-state index contributed by atoms with van der Waals surface area (Å²) in [4.78, 5) is 8.18. The van der Waals surface area contributed by atoms with Crippen LogP contribution in [0.1, 0.15) is 149 Å². The normalized spacial score (nSPS) is 19.1. The van der Waals surface area contributed by atoms with Crippen LogP contribution in [0.3, 0.4) is 0 Å². The van der Waals surface area contributed by atoms with Crippen molar-refractivity contribution < 1.29 is 0 Å². The molecule has 3 aliphatic heterocycles. The van der Waals surface area contributed by atoms with E-state index in [9.17, 15) is 0 Å². The van der Waals surface area contributed by atoms with Gasteiger partial charge in [0.05, 0.1) is 11.2 Å². The number of rotatable bonds is 5. The Labute approximate surface area is 449 Å². The van der Waals surface area contributed by atoms with Crippen molar-refractivity contribution in [1.82, 2.24) is 0 Å². The lowest BCUT2D eigenvalue weighted by Gasteiger charge is -2.53. The van der Waals surface area contributed by atoms with Gasteiger partial charge < -0.3 is 14.7 Å². The first kappa shape index (κ1) is 49.1. The maximum Gasteiger partial charge on any atom is 0.252 e. The van der Waals surface area contributed by atoms with E-state index >= 15 is 0 Å². The molecule has 3 nitrogen and oxygen atoms in total. The van der Waals surface area contributed by atoms with Crippen LogP contribution in [0.25, 0.3) is 11.1 Å². The van der Waals surface area contributed by atoms with E-state index < -0.39 is 0 Å². The van der Waals surface area contributed by atoms with Crippen molar-refractivity contribution >= 4 is 68.6 Å². The summed E-state index contributed by atoms with van der Waals surface area (Å²) in [5.74, 6) is 0. The molecule has 0 spiro atoms. The number of para-hydroxylation sites is 1. The van der Waals surface area contributed by atoms with Gasteiger partial charge in [-0.1, -0.05) is 217 Å². The van der Waals surface area contributed by atoms with E-state index in [4.69, 9.17) is 0 Å². The monoisotopic (exact) mass is 982 g/mol. The summed E-state index contributed by atoms with van der Waals surface area (Å²) in [6, 6.07) is 69.0. The molecule has 378 valence electrons. The van der Waals surface area contributed by atoms with Crippen LogP contribution in [0.15, 0.2) is 176 Å². The predicted molar refractivity (Wildman–Crippen MR) is 323 cm³/mol. The van der Waals surface area contributed by atoms with E-state index in [0.29, 0.717) is 0 Å². The molecule has 0 amide bonds. The molecule has 4 aliphatic rings. The Morgan fingerprint density at radius 2 is 0.960 bits per heavy atom. The molecule has 3 heterocycles. The summed E-state index contributed by atoms with van der Waals surface area (Å²) >= 11 is 0. The highest BCUT2D eigenvalue weighted by Gasteiger charge is 2.61. The lowest BCUT2D eigenvalue weighted by atomic mass is 9.33. The zero-order valence-electron chi connectivity index (χ0n) is 47.0. The largest absolute Gasteiger partial charge is 0.334 e. The van der Waals surface area contributed by atoms with Gasteiger partial charge >= 0.3 is 0 Å². The van der Waals surface area contributed by atoms with E-state index in [1.165, 1.54) is 119 Å². The SMILES string of the molecule is CC(C)(C)c1cccc(N2c3cc(C(C)(C)C)ccc3B3c4cc(C(C)(C)C)ccc4N(c4ccc(C(C)(C)C)cc4-c4ccccc4)c4cc(N5c6ccccc6C6(c7ccccc7)CCCCC56C)cc2c43)c1. The van der Waals surface area contributed by atoms with Gasteiger partial charge in [-0.25, -0.2) is 0 Å². The van der Waals surface area contributed by atoms with Gasteiger partial charge in [0.15, 0.2) is 0 Å². The highest BCUT2D eigenvalue weighted by Crippen LogP contribution is 2.64. The first-order chi connectivity index (χ1) is 35.6. The van der Waals surface area contributed by atoms with Crippen molar-refractivity contribution in [3.63, 3.8) is 0 Å². The van der Waals surface area contributed by atoms with Crippen LogP contribution in [0.2, 0.25) is 0 Å². The molecule has 0 aromatic heterocycles. The van der Waals surface area contributed by atoms with Crippen LogP contribution < -0.4 is 31.1 Å². The molecule has 8 aromatic rings. The number of fused-ring (bicyclic) bond motifs is 7. The predicted octanol–water partition coefficient (Wildman–Crippen LogP) is 17.4. The molecule has 0 bridgehead atoms. The topological polar surface area (TPSA) is 9.72 Å². The molecule has 0 saturated heterocycles. The van der Waals surface area contributed by atoms with Crippen molar-refractivity contribution in [2.24, 2.45) is 0 Å². The third-order valence-corrected chi connectivity index (χ3v) is 18.0. The molecule has 0 N–H and O–H groups in total. The molecule has 4 heteroatoms. The number of nitrogens with zero attached hydrogens (tertiary/aromatic N) is 3. The number of anilines is 8. The second kappa shape index (κ2) is 17.1. The Hall–Kier alpha value is -6.78. The van der Waals surface area contributed by atoms with Crippen LogP contribution in [-0.4, -0.2) is 12.3 Å². The average molecular weight is 982 g/mol. The second-order valence-electron chi connectivity index (χ2n) is 26.8. The Balaban J connectivity index is 1.25. The number of benzene rings is 8. The fraction of sp³-hybridized carbons (Fsp3) is 0.324. The van der Waals surface area contributed by atoms with Gasteiger partial charge in [0.1, 0.15) is 0 Å². The van der Waals surface area contributed by atoms with E-state index in [1.807, 2.05) is 0 Å².